The molecular weight excluding hydrogens is 391 g/mol. The van der Waals surface area contributed by atoms with Crippen LogP contribution in [0.1, 0.15) is 16.1 Å². The van der Waals surface area contributed by atoms with Crippen molar-refractivity contribution in [3.05, 3.63) is 94.1 Å². The second kappa shape index (κ2) is 8.00. The molecule has 4 aromatic rings. The van der Waals surface area contributed by atoms with Gasteiger partial charge in [0.05, 0.1) is 18.0 Å². The van der Waals surface area contributed by atoms with Crippen LogP contribution in [0, 0.1) is 15.9 Å². The van der Waals surface area contributed by atoms with E-state index in [9.17, 15) is 19.3 Å². The summed E-state index contributed by atoms with van der Waals surface area (Å²) in [6.45, 7) is 0.201. The SMILES string of the molecule is O=C(NCc1cccc(-c2ncc(-c3ccc(F)cc3)[nH]2)c1)c1ccc([N+](=O)[O-])o1. The lowest BCUT2D eigenvalue weighted by molar-refractivity contribution is -0.402. The van der Waals surface area contributed by atoms with Crippen LogP contribution in [0.15, 0.2) is 71.3 Å². The van der Waals surface area contributed by atoms with E-state index >= 15 is 0 Å². The molecule has 0 saturated carbocycles. The molecule has 4 rings (SSSR count). The zero-order valence-electron chi connectivity index (χ0n) is 15.5. The Morgan fingerprint density at radius 2 is 1.93 bits per heavy atom. The predicted octanol–water partition coefficient (Wildman–Crippen LogP) is 4.31. The number of imidazole rings is 1. The molecule has 2 heterocycles. The normalized spacial score (nSPS) is 10.7. The summed E-state index contributed by atoms with van der Waals surface area (Å²) in [7, 11) is 0. The molecule has 0 aliphatic carbocycles. The molecule has 30 heavy (non-hydrogen) atoms. The second-order valence-electron chi connectivity index (χ2n) is 6.43. The summed E-state index contributed by atoms with van der Waals surface area (Å²) in [6.07, 6.45) is 1.67. The van der Waals surface area contributed by atoms with Crippen LogP contribution in [0.5, 0.6) is 0 Å². The summed E-state index contributed by atoms with van der Waals surface area (Å²) in [4.78, 5) is 29.6. The molecule has 2 aromatic carbocycles. The summed E-state index contributed by atoms with van der Waals surface area (Å²) in [5, 5.41) is 13.3. The first-order valence-electron chi connectivity index (χ1n) is 8.92. The number of H-pyrrole nitrogens is 1. The van der Waals surface area contributed by atoms with Gasteiger partial charge in [0, 0.05) is 12.1 Å². The van der Waals surface area contributed by atoms with Gasteiger partial charge in [-0.1, -0.05) is 18.2 Å². The third kappa shape index (κ3) is 4.09. The van der Waals surface area contributed by atoms with Gasteiger partial charge >= 0.3 is 5.88 Å². The highest BCUT2D eigenvalue weighted by molar-refractivity contribution is 5.91. The molecule has 0 saturated heterocycles. The fourth-order valence-electron chi connectivity index (χ4n) is 2.89. The Bertz CT molecular complexity index is 1210. The zero-order valence-corrected chi connectivity index (χ0v) is 15.5. The molecule has 1 amide bonds. The number of carbonyl (C=O) groups excluding carboxylic acids is 1. The van der Waals surface area contributed by atoms with Gasteiger partial charge in [0.1, 0.15) is 16.6 Å². The lowest BCUT2D eigenvalue weighted by Gasteiger charge is -2.05. The largest absolute Gasteiger partial charge is 0.433 e. The summed E-state index contributed by atoms with van der Waals surface area (Å²) in [6, 6.07) is 15.9. The molecule has 150 valence electrons. The van der Waals surface area contributed by atoms with Crippen LogP contribution >= 0.6 is 0 Å². The molecule has 0 aliphatic heterocycles. The van der Waals surface area contributed by atoms with Gasteiger partial charge in [0.25, 0.3) is 5.91 Å². The summed E-state index contributed by atoms with van der Waals surface area (Å²) in [5.74, 6) is -0.851. The first-order chi connectivity index (χ1) is 14.5. The molecule has 0 bridgehead atoms. The molecule has 0 spiro atoms. The molecule has 2 aromatic heterocycles. The Morgan fingerprint density at radius 1 is 1.13 bits per heavy atom. The zero-order chi connectivity index (χ0) is 21.1. The van der Waals surface area contributed by atoms with Gasteiger partial charge in [0.2, 0.25) is 0 Å². The van der Waals surface area contributed by atoms with Crippen LogP contribution in [0.3, 0.4) is 0 Å². The van der Waals surface area contributed by atoms with Crippen molar-refractivity contribution in [1.82, 2.24) is 15.3 Å². The number of amides is 1. The van der Waals surface area contributed by atoms with Crippen LogP contribution < -0.4 is 5.32 Å². The number of halogens is 1. The summed E-state index contributed by atoms with van der Waals surface area (Å²) in [5.41, 5.74) is 3.18. The summed E-state index contributed by atoms with van der Waals surface area (Å²) >= 11 is 0. The van der Waals surface area contributed by atoms with Crippen LogP contribution in [0.25, 0.3) is 22.6 Å². The van der Waals surface area contributed by atoms with Crippen molar-refractivity contribution in [3.63, 3.8) is 0 Å². The molecular formula is C21H15FN4O4. The average molecular weight is 406 g/mol. The monoisotopic (exact) mass is 406 g/mol. The highest BCUT2D eigenvalue weighted by Gasteiger charge is 2.17. The maximum Gasteiger partial charge on any atom is 0.433 e. The number of nitrogens with zero attached hydrogens (tertiary/aromatic N) is 2. The average Bonchev–Trinajstić information content (AvgIpc) is 3.43. The minimum atomic E-state index is -0.705. The lowest BCUT2D eigenvalue weighted by Crippen LogP contribution is -2.22. The number of nitrogens with one attached hydrogen (secondary N) is 2. The number of aromatic amines is 1. The molecule has 0 fully saturated rings. The fourth-order valence-corrected chi connectivity index (χ4v) is 2.89. The van der Waals surface area contributed by atoms with Gasteiger partial charge in [-0.05, 0) is 47.5 Å². The van der Waals surface area contributed by atoms with Crippen LogP contribution in [0.4, 0.5) is 10.3 Å². The van der Waals surface area contributed by atoms with Gasteiger partial charge < -0.3 is 14.7 Å². The second-order valence-corrected chi connectivity index (χ2v) is 6.43. The standard InChI is InChI=1S/C21H15FN4O4/c22-16-6-4-14(5-7-16)17-12-23-20(25-17)15-3-1-2-13(10-15)11-24-21(27)18-8-9-19(30-18)26(28)29/h1-10,12H,11H2,(H,23,25)(H,24,27). The Labute approximate surface area is 169 Å². The van der Waals surface area contributed by atoms with Crippen LogP contribution in [-0.4, -0.2) is 20.8 Å². The number of carbonyl (C=O) groups is 1. The van der Waals surface area contributed by atoms with E-state index in [1.807, 2.05) is 24.3 Å². The number of hydrogen-bond acceptors (Lipinski definition) is 5. The molecule has 9 heteroatoms. The van der Waals surface area contributed by atoms with Crippen LogP contribution in [0.2, 0.25) is 0 Å². The van der Waals surface area contributed by atoms with Gasteiger partial charge in [-0.25, -0.2) is 9.37 Å². The molecule has 8 nitrogen and oxygen atoms in total. The number of nitro groups is 1. The molecule has 0 aliphatic rings. The summed E-state index contributed by atoms with van der Waals surface area (Å²) < 4.78 is 18.0. The smallest absolute Gasteiger partial charge is 0.395 e. The quantitative estimate of drug-likeness (QED) is 0.366. The van der Waals surface area contributed by atoms with Crippen molar-refractivity contribution in [2.45, 2.75) is 6.54 Å². The Kier molecular flexibility index (Phi) is 5.08. The number of benzene rings is 2. The number of aromatic nitrogens is 2. The minimum Gasteiger partial charge on any atom is -0.395 e. The third-order valence-corrected chi connectivity index (χ3v) is 4.38. The lowest BCUT2D eigenvalue weighted by atomic mass is 10.1. The number of furan rings is 1. The van der Waals surface area contributed by atoms with E-state index in [4.69, 9.17) is 4.42 Å². The first-order valence-corrected chi connectivity index (χ1v) is 8.92. The van der Waals surface area contributed by atoms with E-state index in [2.05, 4.69) is 15.3 Å². The van der Waals surface area contributed by atoms with Gasteiger partial charge in [0.15, 0.2) is 5.76 Å². The molecule has 0 atom stereocenters. The van der Waals surface area contributed by atoms with Gasteiger partial charge in [-0.2, -0.15) is 0 Å². The van der Waals surface area contributed by atoms with Crippen molar-refractivity contribution >= 4 is 11.8 Å². The molecule has 0 radical (unpaired) electrons. The molecule has 2 N–H and O–H groups in total. The first kappa shape index (κ1) is 19.1. The maximum absolute atomic E-state index is 13.1. The number of rotatable bonds is 6. The van der Waals surface area contributed by atoms with Crippen molar-refractivity contribution in [3.8, 4) is 22.6 Å². The van der Waals surface area contributed by atoms with Crippen molar-refractivity contribution in [2.24, 2.45) is 0 Å². The predicted molar refractivity (Wildman–Crippen MR) is 106 cm³/mol. The minimum absolute atomic E-state index is 0.132. The Hall–Kier alpha value is -4.27. The van der Waals surface area contributed by atoms with Crippen molar-refractivity contribution in [1.29, 1.82) is 0 Å². The van der Waals surface area contributed by atoms with E-state index in [1.165, 1.54) is 18.2 Å². The van der Waals surface area contributed by atoms with Gasteiger partial charge in [-0.15, -0.1) is 0 Å². The van der Waals surface area contributed by atoms with E-state index < -0.39 is 16.7 Å². The topological polar surface area (TPSA) is 114 Å². The Balaban J connectivity index is 1.45. The maximum atomic E-state index is 13.1. The highest BCUT2D eigenvalue weighted by atomic mass is 19.1. The highest BCUT2D eigenvalue weighted by Crippen LogP contribution is 2.23. The van der Waals surface area contributed by atoms with Crippen molar-refractivity contribution in [2.75, 3.05) is 0 Å². The molecule has 0 unspecified atom stereocenters. The third-order valence-electron chi connectivity index (χ3n) is 4.38. The van der Waals surface area contributed by atoms with Crippen molar-refractivity contribution < 1.29 is 18.5 Å². The van der Waals surface area contributed by atoms with E-state index in [-0.39, 0.29) is 18.1 Å². The number of hydrogen-bond donors (Lipinski definition) is 2. The fraction of sp³-hybridized carbons (Fsp3) is 0.0476. The van der Waals surface area contributed by atoms with E-state index in [1.54, 1.807) is 18.3 Å². The van der Waals surface area contributed by atoms with Crippen LogP contribution in [-0.2, 0) is 6.54 Å². The Morgan fingerprint density at radius 3 is 2.67 bits per heavy atom. The van der Waals surface area contributed by atoms with E-state index in [0.29, 0.717) is 5.82 Å². The van der Waals surface area contributed by atoms with E-state index in [0.717, 1.165) is 28.5 Å². The van der Waals surface area contributed by atoms with Gasteiger partial charge in [-0.3, -0.25) is 14.9 Å².